The van der Waals surface area contributed by atoms with E-state index in [-0.39, 0.29) is 5.91 Å². The van der Waals surface area contributed by atoms with Gasteiger partial charge in [0, 0.05) is 48.6 Å². The van der Waals surface area contributed by atoms with Gasteiger partial charge in [0.15, 0.2) is 0 Å². The van der Waals surface area contributed by atoms with Crippen molar-refractivity contribution in [3.8, 4) is 0 Å². The van der Waals surface area contributed by atoms with E-state index in [1.807, 2.05) is 6.07 Å². The van der Waals surface area contributed by atoms with E-state index >= 15 is 0 Å². The lowest BCUT2D eigenvalue weighted by molar-refractivity contribution is 0.0952. The van der Waals surface area contributed by atoms with E-state index in [1.54, 1.807) is 24.8 Å². The van der Waals surface area contributed by atoms with Gasteiger partial charge in [-0.1, -0.05) is 24.3 Å². The fraction of sp³-hybridized carbons (Fsp3) is 0.250. The van der Waals surface area contributed by atoms with Crippen LogP contribution in [0.25, 0.3) is 10.8 Å². The Kier molecular flexibility index (Phi) is 5.36. The predicted octanol–water partition coefficient (Wildman–Crippen LogP) is 2.66. The first-order valence-electron chi connectivity index (χ1n) is 8.32. The normalized spacial score (nSPS) is 11.0. The zero-order valence-corrected chi connectivity index (χ0v) is 14.6. The summed E-state index contributed by atoms with van der Waals surface area (Å²) < 4.78 is 0. The van der Waals surface area contributed by atoms with Gasteiger partial charge in [0.05, 0.1) is 5.56 Å². The highest BCUT2D eigenvalue weighted by Gasteiger charge is 2.10. The first-order chi connectivity index (χ1) is 12.1. The Balaban J connectivity index is 1.64. The second-order valence-electron chi connectivity index (χ2n) is 6.34. The average molecular weight is 334 g/mol. The number of hydrogen-bond acceptors (Lipinski definition) is 4. The first kappa shape index (κ1) is 17.0. The van der Waals surface area contributed by atoms with Crippen LogP contribution in [0.2, 0.25) is 0 Å². The molecule has 0 unspecified atom stereocenters. The number of nitrogens with zero attached hydrogens (tertiary/aromatic N) is 3. The molecule has 1 amide bonds. The third kappa shape index (κ3) is 4.39. The number of carbonyl (C=O) groups excluding carboxylic acids is 1. The molecule has 5 heteroatoms. The maximum absolute atomic E-state index is 12.5. The summed E-state index contributed by atoms with van der Waals surface area (Å²) >= 11 is 0. The van der Waals surface area contributed by atoms with Crippen LogP contribution in [-0.4, -0.2) is 41.4 Å². The maximum Gasteiger partial charge on any atom is 0.253 e. The Morgan fingerprint density at radius 1 is 1.00 bits per heavy atom. The highest BCUT2D eigenvalue weighted by molar-refractivity contribution is 6.06. The van der Waals surface area contributed by atoms with Crippen LogP contribution in [-0.2, 0) is 13.0 Å². The third-order valence-electron chi connectivity index (χ3n) is 4.13. The predicted molar refractivity (Wildman–Crippen MR) is 99.4 cm³/mol. The number of amides is 1. The maximum atomic E-state index is 12.5. The molecule has 0 aliphatic carbocycles. The first-order valence-corrected chi connectivity index (χ1v) is 8.32. The van der Waals surface area contributed by atoms with Gasteiger partial charge in [0.2, 0.25) is 0 Å². The topological polar surface area (TPSA) is 58.1 Å². The number of hydrogen-bond donors (Lipinski definition) is 1. The van der Waals surface area contributed by atoms with Crippen molar-refractivity contribution >= 4 is 16.7 Å². The van der Waals surface area contributed by atoms with Gasteiger partial charge in [-0.25, -0.2) is 0 Å². The largest absolute Gasteiger partial charge is 0.348 e. The minimum Gasteiger partial charge on any atom is -0.348 e. The van der Waals surface area contributed by atoms with E-state index in [2.05, 4.69) is 58.5 Å². The minimum absolute atomic E-state index is 0.124. The van der Waals surface area contributed by atoms with E-state index < -0.39 is 0 Å². The van der Waals surface area contributed by atoms with Crippen molar-refractivity contribution in [2.75, 3.05) is 20.6 Å². The molecule has 0 bridgehead atoms. The molecular formula is C20H22N4O. The van der Waals surface area contributed by atoms with Crippen molar-refractivity contribution in [2.45, 2.75) is 13.0 Å². The van der Waals surface area contributed by atoms with Gasteiger partial charge in [-0.3, -0.25) is 14.8 Å². The highest BCUT2D eigenvalue weighted by atomic mass is 16.1. The van der Waals surface area contributed by atoms with E-state index in [1.165, 1.54) is 5.56 Å². The number of fused-ring (bicyclic) bond motifs is 1. The molecule has 0 fully saturated rings. The number of rotatable bonds is 6. The van der Waals surface area contributed by atoms with E-state index in [4.69, 9.17) is 0 Å². The number of pyridine rings is 2. The molecule has 0 saturated heterocycles. The van der Waals surface area contributed by atoms with Crippen LogP contribution in [0.15, 0.2) is 55.1 Å². The van der Waals surface area contributed by atoms with Crippen molar-refractivity contribution < 1.29 is 4.79 Å². The van der Waals surface area contributed by atoms with Crippen LogP contribution in [0.3, 0.4) is 0 Å². The number of nitrogens with one attached hydrogen (secondary N) is 1. The van der Waals surface area contributed by atoms with Gasteiger partial charge in [-0.15, -0.1) is 0 Å². The lowest BCUT2D eigenvalue weighted by Crippen LogP contribution is -2.23. The fourth-order valence-corrected chi connectivity index (χ4v) is 2.65. The summed E-state index contributed by atoms with van der Waals surface area (Å²) in [5.74, 6) is -0.124. The zero-order chi connectivity index (χ0) is 17.6. The van der Waals surface area contributed by atoms with Crippen molar-refractivity contribution in [1.82, 2.24) is 20.2 Å². The summed E-state index contributed by atoms with van der Waals surface area (Å²) in [6.45, 7) is 1.52. The van der Waals surface area contributed by atoms with Gasteiger partial charge in [-0.2, -0.15) is 0 Å². The molecule has 5 nitrogen and oxygen atoms in total. The van der Waals surface area contributed by atoms with Crippen LogP contribution in [0, 0.1) is 0 Å². The molecule has 0 spiro atoms. The molecule has 1 N–H and O–H groups in total. The Hall–Kier alpha value is -2.79. The number of benzene rings is 1. The van der Waals surface area contributed by atoms with Crippen molar-refractivity contribution in [3.05, 3.63) is 71.8 Å². The monoisotopic (exact) mass is 334 g/mol. The molecule has 0 atom stereocenters. The van der Waals surface area contributed by atoms with E-state index in [0.717, 1.165) is 29.3 Å². The van der Waals surface area contributed by atoms with Crippen LogP contribution in [0.4, 0.5) is 0 Å². The smallest absolute Gasteiger partial charge is 0.253 e. The van der Waals surface area contributed by atoms with E-state index in [9.17, 15) is 4.79 Å². The van der Waals surface area contributed by atoms with Crippen molar-refractivity contribution in [1.29, 1.82) is 0 Å². The Bertz CT molecular complexity index is 854. The molecule has 2 aromatic heterocycles. The number of likely N-dealkylation sites (N-methyl/N-ethyl adjacent to an activating group) is 1. The molecular weight excluding hydrogens is 312 g/mol. The Morgan fingerprint density at radius 3 is 2.48 bits per heavy atom. The van der Waals surface area contributed by atoms with E-state index in [0.29, 0.717) is 12.1 Å². The van der Waals surface area contributed by atoms with Gasteiger partial charge in [0.1, 0.15) is 0 Å². The van der Waals surface area contributed by atoms with Gasteiger partial charge in [-0.05, 0) is 37.7 Å². The van der Waals surface area contributed by atoms with Crippen LogP contribution in [0.5, 0.6) is 0 Å². The molecule has 3 aromatic rings. The molecule has 2 heterocycles. The SMILES string of the molecule is CN(C)CCc1ccc(CNC(=O)c2cncc3cnccc23)cc1. The molecule has 1 aromatic carbocycles. The minimum atomic E-state index is -0.124. The van der Waals surface area contributed by atoms with Crippen molar-refractivity contribution in [2.24, 2.45) is 0 Å². The molecule has 25 heavy (non-hydrogen) atoms. The van der Waals surface area contributed by atoms with Gasteiger partial charge >= 0.3 is 0 Å². The lowest BCUT2D eigenvalue weighted by atomic mass is 10.1. The number of carbonyl (C=O) groups is 1. The van der Waals surface area contributed by atoms with Crippen LogP contribution < -0.4 is 5.32 Å². The summed E-state index contributed by atoms with van der Waals surface area (Å²) in [4.78, 5) is 22.9. The second-order valence-corrected chi connectivity index (χ2v) is 6.34. The molecule has 0 aliphatic heterocycles. The van der Waals surface area contributed by atoms with Gasteiger partial charge in [0.25, 0.3) is 5.91 Å². The summed E-state index contributed by atoms with van der Waals surface area (Å²) in [7, 11) is 4.14. The molecule has 128 valence electrons. The third-order valence-corrected chi connectivity index (χ3v) is 4.13. The standard InChI is InChI=1S/C20H22N4O/c1-24(2)10-8-15-3-5-16(6-4-15)11-23-20(25)19-14-22-13-17-12-21-9-7-18(17)19/h3-7,9,12-14H,8,10-11H2,1-2H3,(H,23,25). The summed E-state index contributed by atoms with van der Waals surface area (Å²) in [6, 6.07) is 10.2. The quantitative estimate of drug-likeness (QED) is 0.753. The Morgan fingerprint density at radius 2 is 1.72 bits per heavy atom. The highest BCUT2D eigenvalue weighted by Crippen LogP contribution is 2.16. The average Bonchev–Trinajstić information content (AvgIpc) is 2.64. The summed E-state index contributed by atoms with van der Waals surface area (Å²) in [5, 5.41) is 4.69. The Labute approximate surface area is 147 Å². The zero-order valence-electron chi connectivity index (χ0n) is 14.6. The summed E-state index contributed by atoms with van der Waals surface area (Å²) in [6.07, 6.45) is 7.74. The van der Waals surface area contributed by atoms with Crippen LogP contribution in [0.1, 0.15) is 21.5 Å². The second kappa shape index (κ2) is 7.85. The number of aromatic nitrogens is 2. The molecule has 3 rings (SSSR count). The fourth-order valence-electron chi connectivity index (χ4n) is 2.65. The lowest BCUT2D eigenvalue weighted by Gasteiger charge is -2.10. The molecule has 0 radical (unpaired) electrons. The molecule has 0 aliphatic rings. The van der Waals surface area contributed by atoms with Crippen LogP contribution >= 0.6 is 0 Å². The molecule has 0 saturated carbocycles. The van der Waals surface area contributed by atoms with Crippen molar-refractivity contribution in [3.63, 3.8) is 0 Å². The summed E-state index contributed by atoms with van der Waals surface area (Å²) in [5.41, 5.74) is 2.95. The van der Waals surface area contributed by atoms with Gasteiger partial charge < -0.3 is 10.2 Å².